The Labute approximate surface area is 256 Å². The smallest absolute Gasteiger partial charge is 0.386 e. The number of anilines is 1. The molecule has 7 rings (SSSR count). The standard InChI is InChI=1S/C21H24N8O11P2S2/c22-17-12-18(25-7-24-17)29(8-26-12)19-14(32)15-10(38-19)6-36-42(34,44)40-16-13(31)9(5-35-41(33,43)39-15)37-20(16)28-3-1-11(30)27-4-2-23-21(27)28/h1-4,7-10,13-16,19-20,31-32H,5-6H2,(H,33,43)(H,34,44)(H2,22,24,25)/t9-,10-,13-,14-,15+,16-,19-,20-,41?,42?/m1/s1. The van der Waals surface area contributed by atoms with E-state index in [9.17, 15) is 24.5 Å². The first-order valence-corrected chi connectivity index (χ1v) is 18.2. The number of nitrogens with two attached hydrogens (primary N) is 1. The van der Waals surface area contributed by atoms with Crippen molar-refractivity contribution in [1.29, 1.82) is 0 Å². The lowest BCUT2D eigenvalue weighted by Gasteiger charge is -2.28. The van der Waals surface area contributed by atoms with Crippen LogP contribution in [0.4, 0.5) is 5.82 Å². The van der Waals surface area contributed by atoms with Crippen molar-refractivity contribution in [1.82, 2.24) is 33.5 Å². The van der Waals surface area contributed by atoms with Gasteiger partial charge in [-0.3, -0.25) is 31.9 Å². The molecule has 0 aromatic carbocycles. The number of nitrogen functional groups attached to an aromatic ring is 1. The first-order chi connectivity index (χ1) is 20.9. The first kappa shape index (κ1) is 30.3. The Morgan fingerprint density at radius 3 is 2.57 bits per heavy atom. The molecule has 2 bridgehead atoms. The lowest BCUT2D eigenvalue weighted by molar-refractivity contribution is -0.0597. The number of aliphatic hydroxyl groups is 2. The molecule has 0 spiro atoms. The number of rotatable bonds is 2. The van der Waals surface area contributed by atoms with Gasteiger partial charge in [-0.15, -0.1) is 0 Å². The van der Waals surface area contributed by atoms with Crippen molar-refractivity contribution < 1.29 is 47.2 Å². The molecule has 19 nitrogen and oxygen atoms in total. The van der Waals surface area contributed by atoms with Crippen LogP contribution in [0, 0.1) is 0 Å². The van der Waals surface area contributed by atoms with Crippen LogP contribution in [0.3, 0.4) is 0 Å². The Kier molecular flexibility index (Phi) is 7.69. The van der Waals surface area contributed by atoms with Gasteiger partial charge in [0, 0.05) is 24.7 Å². The highest BCUT2D eigenvalue weighted by Crippen LogP contribution is 2.58. The molecular weight excluding hydrogens is 666 g/mol. The largest absolute Gasteiger partial charge is 0.387 e. The minimum Gasteiger partial charge on any atom is -0.387 e. The summed E-state index contributed by atoms with van der Waals surface area (Å²) in [5.41, 5.74) is 6.00. The van der Waals surface area contributed by atoms with Gasteiger partial charge in [-0.25, -0.2) is 24.5 Å². The maximum Gasteiger partial charge on any atom is 0.386 e. The monoisotopic (exact) mass is 690 g/mol. The molecule has 0 saturated carbocycles. The summed E-state index contributed by atoms with van der Waals surface area (Å²) in [6.07, 6.45) is -3.85. The first-order valence-electron chi connectivity index (χ1n) is 12.9. The number of fused-ring (bicyclic) bond motifs is 5. The van der Waals surface area contributed by atoms with E-state index in [1.165, 1.54) is 50.8 Å². The zero-order valence-corrected chi connectivity index (χ0v) is 25.6. The van der Waals surface area contributed by atoms with Crippen LogP contribution in [-0.2, 0) is 43.9 Å². The zero-order valence-electron chi connectivity index (χ0n) is 22.1. The molecule has 4 aromatic rings. The minimum absolute atomic E-state index is 0.0997. The van der Waals surface area contributed by atoms with Gasteiger partial charge in [-0.05, 0) is 11.8 Å². The van der Waals surface area contributed by atoms with Crippen molar-refractivity contribution in [3.8, 4) is 0 Å². The highest BCUT2D eigenvalue weighted by atomic mass is 32.7. The summed E-state index contributed by atoms with van der Waals surface area (Å²) in [6, 6.07) is 1.24. The fourth-order valence-corrected chi connectivity index (χ4v) is 8.22. The molecule has 236 valence electrons. The lowest BCUT2D eigenvalue weighted by Crippen LogP contribution is -2.36. The summed E-state index contributed by atoms with van der Waals surface area (Å²) in [5.74, 6) is 0.241. The molecule has 44 heavy (non-hydrogen) atoms. The van der Waals surface area contributed by atoms with Gasteiger partial charge in [-0.1, -0.05) is 12.2 Å². The van der Waals surface area contributed by atoms with Crippen molar-refractivity contribution in [2.75, 3.05) is 18.9 Å². The summed E-state index contributed by atoms with van der Waals surface area (Å²) < 4.78 is 51.9. The molecule has 3 saturated heterocycles. The van der Waals surface area contributed by atoms with Gasteiger partial charge in [-0.2, -0.15) is 0 Å². The van der Waals surface area contributed by atoms with E-state index in [0.29, 0.717) is 0 Å². The van der Waals surface area contributed by atoms with Gasteiger partial charge in [0.2, 0.25) is 5.78 Å². The molecule has 2 unspecified atom stereocenters. The predicted molar refractivity (Wildman–Crippen MR) is 154 cm³/mol. The van der Waals surface area contributed by atoms with Crippen LogP contribution in [0.2, 0.25) is 0 Å². The van der Waals surface area contributed by atoms with Crippen LogP contribution in [0.5, 0.6) is 0 Å². The highest BCUT2D eigenvalue weighted by molar-refractivity contribution is 8.44. The number of hydrogen-bond donors (Lipinski definition) is 5. The fraction of sp³-hybridized carbons (Fsp3) is 0.476. The third-order valence-corrected chi connectivity index (χ3v) is 10.5. The van der Waals surface area contributed by atoms with E-state index in [4.69, 9.17) is 45.1 Å². The second-order valence-corrected chi connectivity index (χ2v) is 15.7. The average Bonchev–Trinajstić information content (AvgIpc) is 3.75. The topological polar surface area (TPSA) is 242 Å². The Bertz CT molecular complexity index is 1890. The van der Waals surface area contributed by atoms with Gasteiger partial charge in [0.05, 0.1) is 19.5 Å². The van der Waals surface area contributed by atoms with Gasteiger partial charge in [0.1, 0.15) is 48.5 Å². The number of nitrogens with zero attached hydrogens (tertiary/aromatic N) is 7. The Hall–Kier alpha value is -2.36. The van der Waals surface area contributed by atoms with Crippen LogP contribution in [0.25, 0.3) is 16.9 Å². The molecular formula is C21H24N8O11P2S2. The second-order valence-electron chi connectivity index (χ2n) is 10.0. The van der Waals surface area contributed by atoms with E-state index in [1.807, 2.05) is 0 Å². The van der Waals surface area contributed by atoms with E-state index in [2.05, 4.69) is 32.2 Å². The summed E-state index contributed by atoms with van der Waals surface area (Å²) in [7, 11) is 0. The summed E-state index contributed by atoms with van der Waals surface area (Å²) in [4.78, 5) is 39.7. The molecule has 4 aromatic heterocycles. The Balaban J connectivity index is 1.21. The van der Waals surface area contributed by atoms with Gasteiger partial charge < -0.3 is 34.8 Å². The predicted octanol–water partition coefficient (Wildman–Crippen LogP) is -0.493. The SMILES string of the molecule is Nc1ncnc2c1ncn2[C@@H]1O[C@@H]2COP(O)(=S)O[C@@H]3[C@H](O)[C@@H](COP(=O)(S)O[C@@H]2[C@H]1O)O[C@H]3n1ccc(=O)n2ccnc12. The third kappa shape index (κ3) is 5.30. The van der Waals surface area contributed by atoms with E-state index in [1.54, 1.807) is 0 Å². The van der Waals surface area contributed by atoms with Crippen molar-refractivity contribution in [2.45, 2.75) is 49.1 Å². The molecule has 3 aliphatic heterocycles. The van der Waals surface area contributed by atoms with E-state index in [0.717, 1.165) is 0 Å². The van der Waals surface area contributed by atoms with Gasteiger partial charge in [0.25, 0.3) is 5.56 Å². The van der Waals surface area contributed by atoms with Crippen LogP contribution >= 0.6 is 25.8 Å². The van der Waals surface area contributed by atoms with E-state index >= 15 is 0 Å². The van der Waals surface area contributed by atoms with Gasteiger partial charge in [0.15, 0.2) is 23.9 Å². The highest BCUT2D eigenvalue weighted by Gasteiger charge is 2.52. The minimum atomic E-state index is -4.29. The van der Waals surface area contributed by atoms with Crippen molar-refractivity contribution in [3.05, 3.63) is 47.7 Å². The van der Waals surface area contributed by atoms with Crippen LogP contribution in [-0.4, -0.2) is 98.4 Å². The van der Waals surface area contributed by atoms with E-state index in [-0.39, 0.29) is 28.3 Å². The number of aliphatic hydroxyl groups excluding tert-OH is 2. The maximum absolute atomic E-state index is 13.4. The fourth-order valence-electron chi connectivity index (χ4n) is 5.32. The number of hydrogen-bond acceptors (Lipinski definition) is 16. The Morgan fingerprint density at radius 1 is 0.977 bits per heavy atom. The molecule has 23 heteroatoms. The summed E-state index contributed by atoms with van der Waals surface area (Å²) >= 11 is 9.34. The molecule has 0 aliphatic carbocycles. The van der Waals surface area contributed by atoms with Crippen LogP contribution < -0.4 is 11.3 Å². The molecule has 3 aliphatic rings. The lowest BCUT2D eigenvalue weighted by atomic mass is 10.1. The third-order valence-electron chi connectivity index (χ3n) is 7.34. The molecule has 0 amide bonds. The number of imidazole rings is 2. The number of aromatic nitrogens is 7. The maximum atomic E-state index is 13.4. The number of ether oxygens (including phenoxy) is 2. The number of thiol groups is 1. The van der Waals surface area contributed by atoms with Crippen molar-refractivity contribution in [3.63, 3.8) is 0 Å². The quantitative estimate of drug-likeness (QED) is 0.132. The van der Waals surface area contributed by atoms with Gasteiger partial charge >= 0.3 is 13.5 Å². The molecule has 10 atom stereocenters. The molecule has 0 radical (unpaired) electrons. The molecule has 5 N–H and O–H groups in total. The van der Waals surface area contributed by atoms with E-state index < -0.39 is 75.8 Å². The Morgan fingerprint density at radius 2 is 1.75 bits per heavy atom. The zero-order chi connectivity index (χ0) is 31.0. The molecule has 7 heterocycles. The van der Waals surface area contributed by atoms with Crippen LogP contribution in [0.1, 0.15) is 12.5 Å². The average molecular weight is 691 g/mol. The normalized spacial score (nSPS) is 38.3. The van der Waals surface area contributed by atoms with Crippen molar-refractivity contribution in [2.24, 2.45) is 0 Å². The summed E-state index contributed by atoms with van der Waals surface area (Å²) in [5, 5.41) is 22.4. The summed E-state index contributed by atoms with van der Waals surface area (Å²) in [6.45, 7) is -9.53. The second kappa shape index (κ2) is 11.2. The molecule has 3 fully saturated rings. The van der Waals surface area contributed by atoms with Crippen LogP contribution in [0.15, 0.2) is 42.1 Å². The van der Waals surface area contributed by atoms with Crippen molar-refractivity contribution >= 4 is 60.3 Å².